The van der Waals surface area contributed by atoms with Gasteiger partial charge in [0.15, 0.2) is 11.6 Å². The molecule has 4 N–H and O–H groups in total. The first-order valence-electron chi connectivity index (χ1n) is 16.7. The van der Waals surface area contributed by atoms with E-state index >= 15 is 8.78 Å². The molecule has 2 fully saturated rings. The molecule has 3 aliphatic rings. The molecule has 3 atom stereocenters. The van der Waals surface area contributed by atoms with Crippen LogP contribution in [-0.2, 0) is 0 Å². The van der Waals surface area contributed by atoms with Crippen molar-refractivity contribution in [2.45, 2.75) is 43.0 Å². The Morgan fingerprint density at radius 3 is 2.65 bits per heavy atom. The summed E-state index contributed by atoms with van der Waals surface area (Å²) in [5.74, 6) is -1.48. The number of hydrogen-bond donors (Lipinski definition) is 2. The molecular formula is C34H30ClF7N8O2S2. The number of benzene rings is 2. The van der Waals surface area contributed by atoms with E-state index in [1.165, 1.54) is 17.2 Å². The Hall–Kier alpha value is -4.51. The van der Waals surface area contributed by atoms with Crippen molar-refractivity contribution >= 4 is 70.8 Å². The van der Waals surface area contributed by atoms with Gasteiger partial charge in [-0.15, -0.1) is 11.3 Å². The van der Waals surface area contributed by atoms with Crippen molar-refractivity contribution in [3.05, 3.63) is 58.2 Å². The summed E-state index contributed by atoms with van der Waals surface area (Å²) in [6.45, 7) is 0.718. The minimum Gasteiger partial charge on any atom is -0.489 e. The Morgan fingerprint density at radius 1 is 1.15 bits per heavy atom. The van der Waals surface area contributed by atoms with Gasteiger partial charge in [-0.2, -0.15) is 15.2 Å². The topological polar surface area (TPSA) is 139 Å². The van der Waals surface area contributed by atoms with Gasteiger partial charge in [0.25, 0.3) is 10.2 Å². The van der Waals surface area contributed by atoms with Gasteiger partial charge in [0, 0.05) is 29.3 Å². The standard InChI is InChI=1S/C34H30ClF7N8O2S2/c1-16(18-4-2-8-46-30(18)44)50-10-11-51-28-24-27(26(37)23(25(28)35)19-5-6-21(36)29-22(19)20(13-43)31(45)53-29)47-33(48-32(24)50)52-15-34-7-3-9-49(34)14-17(12-34)54(38,39,40,41)42/h2,4-6,8,16-17H,3,7,9-12,14-15,45H2,1H3,(H2,44,46)/t16-,17+,34+/m1/s1. The van der Waals surface area contributed by atoms with Crippen molar-refractivity contribution < 1.29 is 37.7 Å². The predicted molar refractivity (Wildman–Crippen MR) is 195 cm³/mol. The fraction of sp³-hybridized carbons (Fsp3) is 0.353. The zero-order valence-corrected chi connectivity index (χ0v) is 30.6. The van der Waals surface area contributed by atoms with Crippen molar-refractivity contribution in [2.24, 2.45) is 0 Å². The van der Waals surface area contributed by atoms with Crippen molar-refractivity contribution in [2.75, 3.05) is 49.2 Å². The fourth-order valence-electron chi connectivity index (χ4n) is 8.03. The lowest BCUT2D eigenvalue weighted by molar-refractivity contribution is 0.108. The lowest BCUT2D eigenvalue weighted by Crippen LogP contribution is -2.43. The molecule has 0 bridgehead atoms. The third-order valence-corrected chi connectivity index (χ3v) is 13.6. The van der Waals surface area contributed by atoms with Gasteiger partial charge >= 0.3 is 6.01 Å². The van der Waals surface area contributed by atoms with Gasteiger partial charge in [-0.05, 0) is 50.4 Å². The van der Waals surface area contributed by atoms with E-state index in [9.17, 15) is 24.7 Å². The summed E-state index contributed by atoms with van der Waals surface area (Å²) in [6, 6.07) is 6.70. The summed E-state index contributed by atoms with van der Waals surface area (Å²) in [5.41, 5.74) is 10.7. The third-order valence-electron chi connectivity index (χ3n) is 10.7. The largest absolute Gasteiger partial charge is 0.489 e. The molecular weight excluding hydrogens is 785 g/mol. The number of hydrogen-bond acceptors (Lipinski definition) is 11. The van der Waals surface area contributed by atoms with Gasteiger partial charge < -0.3 is 25.8 Å². The number of anilines is 3. The third kappa shape index (κ3) is 5.76. The quantitative estimate of drug-likeness (QED) is 0.153. The number of nitriles is 1. The number of nitrogen functional groups attached to an aromatic ring is 2. The molecule has 2 aromatic carbocycles. The van der Waals surface area contributed by atoms with Crippen molar-refractivity contribution in [1.82, 2.24) is 19.9 Å². The Labute approximate surface area is 312 Å². The number of aromatic nitrogens is 3. The van der Waals surface area contributed by atoms with Gasteiger partial charge in [-0.1, -0.05) is 43.2 Å². The molecule has 0 aliphatic carbocycles. The van der Waals surface area contributed by atoms with E-state index in [1.54, 1.807) is 24.0 Å². The van der Waals surface area contributed by atoms with Crippen molar-refractivity contribution in [3.63, 3.8) is 0 Å². The van der Waals surface area contributed by atoms with Crippen LogP contribution in [0.5, 0.6) is 11.8 Å². The summed E-state index contributed by atoms with van der Waals surface area (Å²) in [6.07, 6.45) is 1.24. The van der Waals surface area contributed by atoms with Crippen molar-refractivity contribution in [1.29, 1.82) is 5.26 Å². The van der Waals surface area contributed by atoms with Crippen LogP contribution in [0.4, 0.5) is 44.8 Å². The number of nitrogens with two attached hydrogens (primary N) is 2. The Morgan fingerprint density at radius 2 is 1.93 bits per heavy atom. The van der Waals surface area contributed by atoms with Crippen LogP contribution in [0.2, 0.25) is 5.02 Å². The number of thiophene rings is 1. The molecule has 54 heavy (non-hydrogen) atoms. The van der Waals surface area contributed by atoms with Crippen LogP contribution in [0.25, 0.3) is 32.1 Å². The highest BCUT2D eigenvalue weighted by Gasteiger charge is 2.74. The number of rotatable bonds is 7. The second kappa shape index (κ2) is 11.7. The maximum Gasteiger partial charge on any atom is 0.319 e. The van der Waals surface area contributed by atoms with Crippen LogP contribution in [0.3, 0.4) is 0 Å². The van der Waals surface area contributed by atoms with E-state index in [4.69, 9.17) is 32.5 Å². The molecule has 286 valence electrons. The normalized spacial score (nSPS) is 22.0. The lowest BCUT2D eigenvalue weighted by Gasteiger charge is -2.46. The van der Waals surface area contributed by atoms with E-state index in [0.717, 1.165) is 17.4 Å². The summed E-state index contributed by atoms with van der Waals surface area (Å²) in [4.78, 5) is 16.3. The number of fused-ring (bicyclic) bond motifs is 2. The minimum atomic E-state index is -9.84. The molecule has 20 heteroatoms. The molecule has 0 spiro atoms. The van der Waals surface area contributed by atoms with Crippen LogP contribution < -0.4 is 25.8 Å². The average Bonchev–Trinajstić information content (AvgIpc) is 3.74. The Kier molecular flexibility index (Phi) is 7.93. The maximum atomic E-state index is 17.3. The first-order valence-corrected chi connectivity index (χ1v) is 19.9. The summed E-state index contributed by atoms with van der Waals surface area (Å²) in [7, 11) is -9.84. The highest BCUT2D eigenvalue weighted by molar-refractivity contribution is 8.46. The second-order valence-electron chi connectivity index (χ2n) is 13.8. The SMILES string of the molecule is C[C@H](c1cccnc1N)N1CCOc2c(Cl)c(-c3ccc(F)c4sc(N)c(C#N)c34)c(F)c3nc(OC[C@@]45CCCN4C[C@@H](S(F)(F)(F)(F)F)C5)nc1c23. The predicted octanol–water partition coefficient (Wildman–Crippen LogP) is 9.12. The summed E-state index contributed by atoms with van der Waals surface area (Å²) in [5, 5.41) is 6.93. The molecule has 3 aromatic heterocycles. The van der Waals surface area contributed by atoms with Crippen molar-refractivity contribution in [3.8, 4) is 29.0 Å². The van der Waals surface area contributed by atoms with E-state index in [1.807, 2.05) is 6.07 Å². The molecule has 5 aromatic rings. The average molecular weight is 815 g/mol. The van der Waals surface area contributed by atoms with Gasteiger partial charge in [0.2, 0.25) is 0 Å². The molecule has 6 heterocycles. The van der Waals surface area contributed by atoms with Crippen LogP contribution >= 0.6 is 33.2 Å². The lowest BCUT2D eigenvalue weighted by atomic mass is 9.95. The van der Waals surface area contributed by atoms with E-state index in [0.29, 0.717) is 12.0 Å². The number of nitrogens with zero attached hydrogens (tertiary/aromatic N) is 6. The first kappa shape index (κ1) is 36.5. The Bertz CT molecular complexity index is 2450. The molecule has 10 nitrogen and oxygen atoms in total. The monoisotopic (exact) mass is 814 g/mol. The first-order chi connectivity index (χ1) is 25.3. The molecule has 0 saturated carbocycles. The zero-order valence-electron chi connectivity index (χ0n) is 28.2. The summed E-state index contributed by atoms with van der Waals surface area (Å²) < 4.78 is 115. The molecule has 3 aliphatic heterocycles. The highest BCUT2D eigenvalue weighted by Crippen LogP contribution is 3.01. The second-order valence-corrected chi connectivity index (χ2v) is 17.9. The highest BCUT2D eigenvalue weighted by atomic mass is 35.5. The number of ether oxygens (including phenoxy) is 2. The summed E-state index contributed by atoms with van der Waals surface area (Å²) >= 11 is 7.79. The molecule has 8 rings (SSSR count). The van der Waals surface area contributed by atoms with Crippen LogP contribution in [0, 0.1) is 23.0 Å². The Balaban J connectivity index is 1.32. The van der Waals surface area contributed by atoms with E-state index in [-0.39, 0.29) is 91.2 Å². The molecule has 0 unspecified atom stereocenters. The zero-order chi connectivity index (χ0) is 38.6. The number of halogens is 8. The fourth-order valence-corrected chi connectivity index (χ4v) is 10.4. The van der Waals surface area contributed by atoms with Gasteiger partial charge in [0.05, 0.1) is 38.8 Å². The smallest absolute Gasteiger partial charge is 0.319 e. The maximum absolute atomic E-state index is 17.3. The minimum absolute atomic E-state index is 0.00444. The molecule has 0 radical (unpaired) electrons. The van der Waals surface area contributed by atoms with Crippen LogP contribution in [0.1, 0.15) is 43.4 Å². The molecule has 2 saturated heterocycles. The van der Waals surface area contributed by atoms with Crippen LogP contribution in [0.15, 0.2) is 30.5 Å². The van der Waals surface area contributed by atoms with E-state index < -0.39 is 64.3 Å². The van der Waals surface area contributed by atoms with Gasteiger partial charge in [-0.25, -0.2) is 13.8 Å². The van der Waals surface area contributed by atoms with Crippen LogP contribution in [-0.4, -0.2) is 63.5 Å². The van der Waals surface area contributed by atoms with Gasteiger partial charge in [-0.3, -0.25) is 4.90 Å². The number of pyridine rings is 1. The molecule has 0 amide bonds. The van der Waals surface area contributed by atoms with Gasteiger partial charge in [0.1, 0.15) is 52.5 Å². The van der Waals surface area contributed by atoms with E-state index in [2.05, 4.69) is 15.0 Å².